The van der Waals surface area contributed by atoms with Crippen molar-refractivity contribution in [3.05, 3.63) is 30.7 Å². The van der Waals surface area contributed by atoms with Gasteiger partial charge in [0.2, 0.25) is 12.3 Å². The van der Waals surface area contributed by atoms with Gasteiger partial charge in [0.05, 0.1) is 0 Å². The first-order valence-electron chi connectivity index (χ1n) is 7.85. The van der Waals surface area contributed by atoms with Crippen molar-refractivity contribution in [2.75, 3.05) is 5.32 Å². The fourth-order valence-electron chi connectivity index (χ4n) is 3.17. The molecule has 1 aromatic carbocycles. The molecule has 0 bridgehead atoms. The van der Waals surface area contributed by atoms with Crippen LogP contribution in [0.5, 0.6) is 0 Å². The largest absolute Gasteiger partial charge is 0.423 e. The van der Waals surface area contributed by atoms with E-state index in [9.17, 15) is 0 Å². The van der Waals surface area contributed by atoms with E-state index in [1.54, 1.807) is 0 Å². The van der Waals surface area contributed by atoms with Crippen molar-refractivity contribution in [3.63, 3.8) is 0 Å². The second-order valence-electron chi connectivity index (χ2n) is 6.32. The summed E-state index contributed by atoms with van der Waals surface area (Å²) < 4.78 is 5.20. The lowest BCUT2D eigenvalue weighted by molar-refractivity contribution is 0.267. The standard InChI is InChI=1S/C17H23N3O/c1-12(2)13-3-7-15(8-4-13)19-16-9-5-14(6-10-16)17-20-18-11-21-17/h5-6,9-13,15,19H,3-4,7-8H2,1-2H3. The topological polar surface area (TPSA) is 51.0 Å². The van der Waals surface area contributed by atoms with Gasteiger partial charge in [-0.25, -0.2) is 0 Å². The highest BCUT2D eigenvalue weighted by atomic mass is 16.4. The molecule has 1 fully saturated rings. The number of aromatic nitrogens is 2. The van der Waals surface area contributed by atoms with Crippen molar-refractivity contribution < 1.29 is 4.42 Å². The van der Waals surface area contributed by atoms with Crippen molar-refractivity contribution in [1.82, 2.24) is 10.2 Å². The van der Waals surface area contributed by atoms with Crippen LogP contribution in [0.15, 0.2) is 35.1 Å². The monoisotopic (exact) mass is 285 g/mol. The minimum atomic E-state index is 0.569. The van der Waals surface area contributed by atoms with Crippen molar-refractivity contribution in [2.24, 2.45) is 11.8 Å². The zero-order valence-electron chi connectivity index (χ0n) is 12.7. The molecule has 1 N–H and O–H groups in total. The van der Waals surface area contributed by atoms with E-state index >= 15 is 0 Å². The second-order valence-corrected chi connectivity index (χ2v) is 6.32. The Kier molecular flexibility index (Phi) is 4.23. The molecule has 1 saturated carbocycles. The van der Waals surface area contributed by atoms with E-state index in [2.05, 4.69) is 41.5 Å². The predicted octanol–water partition coefficient (Wildman–Crippen LogP) is 4.36. The number of hydrogen-bond donors (Lipinski definition) is 1. The minimum absolute atomic E-state index is 0.569. The lowest BCUT2D eigenvalue weighted by Gasteiger charge is -2.31. The predicted molar refractivity (Wildman–Crippen MR) is 83.9 cm³/mol. The van der Waals surface area contributed by atoms with E-state index < -0.39 is 0 Å². The van der Waals surface area contributed by atoms with Crippen molar-refractivity contribution in [1.29, 1.82) is 0 Å². The Labute approximate surface area is 126 Å². The van der Waals surface area contributed by atoms with Gasteiger partial charge in [-0.2, -0.15) is 0 Å². The lowest BCUT2D eigenvalue weighted by atomic mass is 9.79. The molecule has 21 heavy (non-hydrogen) atoms. The van der Waals surface area contributed by atoms with Gasteiger partial charge < -0.3 is 9.73 Å². The van der Waals surface area contributed by atoms with E-state index in [1.807, 2.05) is 12.1 Å². The van der Waals surface area contributed by atoms with Gasteiger partial charge in [0, 0.05) is 17.3 Å². The van der Waals surface area contributed by atoms with Gasteiger partial charge in [-0.15, -0.1) is 10.2 Å². The van der Waals surface area contributed by atoms with E-state index in [4.69, 9.17) is 4.42 Å². The van der Waals surface area contributed by atoms with Gasteiger partial charge in [-0.05, 0) is 61.8 Å². The van der Waals surface area contributed by atoms with E-state index in [0.29, 0.717) is 11.9 Å². The third-order valence-electron chi connectivity index (χ3n) is 4.58. The molecule has 0 unspecified atom stereocenters. The van der Waals surface area contributed by atoms with Crippen LogP contribution in [0.4, 0.5) is 5.69 Å². The number of benzene rings is 1. The van der Waals surface area contributed by atoms with Gasteiger partial charge in [0.1, 0.15) is 0 Å². The number of rotatable bonds is 4. The summed E-state index contributed by atoms with van der Waals surface area (Å²) in [6.07, 6.45) is 6.59. The Morgan fingerprint density at radius 2 is 1.81 bits per heavy atom. The van der Waals surface area contributed by atoms with Gasteiger partial charge in [-0.3, -0.25) is 0 Å². The molecular weight excluding hydrogens is 262 g/mol. The van der Waals surface area contributed by atoms with Crippen molar-refractivity contribution >= 4 is 5.69 Å². The summed E-state index contributed by atoms with van der Waals surface area (Å²) in [7, 11) is 0. The van der Waals surface area contributed by atoms with Crippen LogP contribution in [-0.2, 0) is 0 Å². The quantitative estimate of drug-likeness (QED) is 0.906. The molecule has 112 valence electrons. The molecule has 2 aromatic rings. The van der Waals surface area contributed by atoms with E-state index in [0.717, 1.165) is 17.4 Å². The van der Waals surface area contributed by atoms with Crippen LogP contribution >= 0.6 is 0 Å². The van der Waals surface area contributed by atoms with Crippen LogP contribution in [-0.4, -0.2) is 16.2 Å². The third-order valence-corrected chi connectivity index (χ3v) is 4.58. The number of anilines is 1. The first kappa shape index (κ1) is 14.1. The van der Waals surface area contributed by atoms with Crippen LogP contribution in [0.25, 0.3) is 11.5 Å². The lowest BCUT2D eigenvalue weighted by Crippen LogP contribution is -2.27. The Balaban J connectivity index is 1.57. The third kappa shape index (κ3) is 3.43. The molecule has 0 aliphatic heterocycles. The summed E-state index contributed by atoms with van der Waals surface area (Å²) >= 11 is 0. The molecule has 4 nitrogen and oxygen atoms in total. The average Bonchev–Trinajstić information content (AvgIpc) is 3.03. The summed E-state index contributed by atoms with van der Waals surface area (Å²) in [4.78, 5) is 0. The maximum Gasteiger partial charge on any atom is 0.247 e. The summed E-state index contributed by atoms with van der Waals surface area (Å²) in [6.45, 7) is 4.68. The summed E-state index contributed by atoms with van der Waals surface area (Å²) in [5, 5.41) is 11.3. The Morgan fingerprint density at radius 3 is 2.38 bits per heavy atom. The average molecular weight is 285 g/mol. The van der Waals surface area contributed by atoms with Crippen molar-refractivity contribution in [2.45, 2.75) is 45.6 Å². The van der Waals surface area contributed by atoms with E-state index in [-0.39, 0.29) is 0 Å². The minimum Gasteiger partial charge on any atom is -0.423 e. The molecule has 0 saturated heterocycles. The van der Waals surface area contributed by atoms with Crippen LogP contribution in [0, 0.1) is 11.8 Å². The fraction of sp³-hybridized carbons (Fsp3) is 0.529. The second kappa shape index (κ2) is 6.29. The van der Waals surface area contributed by atoms with Crippen LogP contribution in [0.3, 0.4) is 0 Å². The molecule has 1 aliphatic carbocycles. The van der Waals surface area contributed by atoms with E-state index in [1.165, 1.54) is 37.8 Å². The SMILES string of the molecule is CC(C)C1CCC(Nc2ccc(-c3nnco3)cc2)CC1. The number of hydrogen-bond acceptors (Lipinski definition) is 4. The molecule has 3 rings (SSSR count). The van der Waals surface area contributed by atoms with Crippen LogP contribution in [0.1, 0.15) is 39.5 Å². The molecule has 1 aromatic heterocycles. The number of nitrogens with zero attached hydrogens (tertiary/aromatic N) is 2. The number of nitrogens with one attached hydrogen (secondary N) is 1. The molecule has 4 heteroatoms. The molecule has 0 amide bonds. The summed E-state index contributed by atoms with van der Waals surface area (Å²) in [5.74, 6) is 2.29. The molecular formula is C17H23N3O. The Hall–Kier alpha value is -1.84. The van der Waals surface area contributed by atoms with Crippen LogP contribution in [0.2, 0.25) is 0 Å². The fourth-order valence-corrected chi connectivity index (χ4v) is 3.17. The maximum atomic E-state index is 5.20. The smallest absolute Gasteiger partial charge is 0.247 e. The molecule has 1 aliphatic rings. The highest BCUT2D eigenvalue weighted by Crippen LogP contribution is 2.31. The Bertz CT molecular complexity index is 540. The summed E-state index contributed by atoms with van der Waals surface area (Å²) in [5.41, 5.74) is 2.13. The van der Waals surface area contributed by atoms with Crippen molar-refractivity contribution in [3.8, 4) is 11.5 Å². The highest BCUT2D eigenvalue weighted by molar-refractivity contribution is 5.58. The molecule has 1 heterocycles. The Morgan fingerprint density at radius 1 is 1.10 bits per heavy atom. The van der Waals surface area contributed by atoms with Gasteiger partial charge in [-0.1, -0.05) is 13.8 Å². The first-order chi connectivity index (χ1) is 10.2. The zero-order valence-corrected chi connectivity index (χ0v) is 12.7. The molecule has 0 spiro atoms. The van der Waals surface area contributed by atoms with Gasteiger partial charge >= 0.3 is 0 Å². The van der Waals surface area contributed by atoms with Gasteiger partial charge in [0.15, 0.2) is 0 Å². The molecule has 0 radical (unpaired) electrons. The maximum absolute atomic E-state index is 5.20. The first-order valence-corrected chi connectivity index (χ1v) is 7.85. The summed E-state index contributed by atoms with van der Waals surface area (Å²) in [6, 6.07) is 8.84. The highest BCUT2D eigenvalue weighted by Gasteiger charge is 2.22. The molecule has 0 atom stereocenters. The van der Waals surface area contributed by atoms with Gasteiger partial charge in [0.25, 0.3) is 0 Å². The zero-order chi connectivity index (χ0) is 14.7. The normalized spacial score (nSPS) is 22.4. The van der Waals surface area contributed by atoms with Crippen LogP contribution < -0.4 is 5.32 Å².